The highest BCUT2D eigenvalue weighted by molar-refractivity contribution is 14.1. The van der Waals surface area contributed by atoms with Crippen molar-refractivity contribution in [1.82, 2.24) is 24.5 Å². The highest BCUT2D eigenvalue weighted by Crippen LogP contribution is 2.40. The number of ether oxygens (including phenoxy) is 1. The summed E-state index contributed by atoms with van der Waals surface area (Å²) in [5, 5.41) is 14.7. The van der Waals surface area contributed by atoms with E-state index in [1.807, 2.05) is 6.07 Å². The van der Waals surface area contributed by atoms with Crippen LogP contribution >= 0.6 is 34.2 Å². The average Bonchev–Trinajstić information content (AvgIpc) is 3.56. The molecule has 2 aliphatic rings. The van der Waals surface area contributed by atoms with Gasteiger partial charge < -0.3 is 20.3 Å². The lowest BCUT2D eigenvalue weighted by atomic mass is 9.89. The van der Waals surface area contributed by atoms with E-state index in [1.165, 1.54) is 7.11 Å². The van der Waals surface area contributed by atoms with Gasteiger partial charge in [0.2, 0.25) is 5.95 Å². The molecule has 0 unspecified atom stereocenters. The maximum atomic E-state index is 11.9. The fourth-order valence-corrected chi connectivity index (χ4v) is 4.93. The first kappa shape index (κ1) is 23.4. The van der Waals surface area contributed by atoms with Crippen LogP contribution in [0, 0.1) is 3.70 Å². The van der Waals surface area contributed by atoms with Gasteiger partial charge in [-0.3, -0.25) is 5.32 Å². The highest BCUT2D eigenvalue weighted by atomic mass is 127. The molecule has 0 spiro atoms. The minimum absolute atomic E-state index is 0.286. The molecule has 3 N–H and O–H groups in total. The Morgan fingerprint density at radius 3 is 2.71 bits per heavy atom. The zero-order valence-electron chi connectivity index (χ0n) is 18.9. The number of nitrogens with zero attached hydrogens (tertiary/aromatic N) is 5. The Bertz CT molecular complexity index is 1220. The molecule has 3 aromatic rings. The second-order valence-corrected chi connectivity index (χ2v) is 10.2. The van der Waals surface area contributed by atoms with Crippen LogP contribution in [0.5, 0.6) is 0 Å². The van der Waals surface area contributed by atoms with Gasteiger partial charge in [-0.15, -0.1) is 5.10 Å². The minimum atomic E-state index is -0.538. The second-order valence-electron chi connectivity index (χ2n) is 8.77. The Morgan fingerprint density at radius 1 is 1.24 bits per heavy atom. The Morgan fingerprint density at radius 2 is 2.00 bits per heavy atom. The number of anilines is 4. The molecule has 1 aromatic carbocycles. The number of amides is 1. The van der Waals surface area contributed by atoms with Crippen molar-refractivity contribution in [3.8, 4) is 0 Å². The molecule has 1 amide bonds. The summed E-state index contributed by atoms with van der Waals surface area (Å²) >= 11 is 9.12. The van der Waals surface area contributed by atoms with E-state index in [-0.39, 0.29) is 5.92 Å². The molecule has 1 saturated carbocycles. The monoisotopic (exact) mass is 596 g/mol. The molecule has 10 nitrogen and oxygen atoms in total. The second kappa shape index (κ2) is 9.70. The minimum Gasteiger partial charge on any atom is -0.453 e. The van der Waals surface area contributed by atoms with Gasteiger partial charge >= 0.3 is 6.09 Å². The Hall–Kier alpha value is -2.38. The van der Waals surface area contributed by atoms with Gasteiger partial charge in [-0.1, -0.05) is 11.6 Å². The highest BCUT2D eigenvalue weighted by Gasteiger charge is 2.25. The van der Waals surface area contributed by atoms with E-state index in [9.17, 15) is 4.79 Å². The van der Waals surface area contributed by atoms with Crippen LogP contribution in [0.15, 0.2) is 18.3 Å². The van der Waals surface area contributed by atoms with Crippen molar-refractivity contribution in [2.24, 2.45) is 0 Å². The maximum Gasteiger partial charge on any atom is 0.411 e. The van der Waals surface area contributed by atoms with Crippen LogP contribution in [-0.2, 0) is 4.74 Å². The van der Waals surface area contributed by atoms with E-state index >= 15 is 0 Å². The van der Waals surface area contributed by atoms with E-state index in [1.54, 1.807) is 16.8 Å². The molecule has 0 bridgehead atoms. The maximum absolute atomic E-state index is 11.9. The molecular formula is C22H26ClIN8O2. The zero-order chi connectivity index (χ0) is 23.8. The van der Waals surface area contributed by atoms with Crippen molar-refractivity contribution in [2.75, 3.05) is 43.2 Å². The molecule has 5 rings (SSSR count). The summed E-state index contributed by atoms with van der Waals surface area (Å²) in [7, 11) is 3.46. The molecule has 1 aliphatic heterocycles. The predicted octanol–water partition coefficient (Wildman–Crippen LogP) is 4.69. The van der Waals surface area contributed by atoms with Crippen LogP contribution in [-0.4, -0.2) is 63.9 Å². The SMILES string of the molecule is COC(=O)Nc1cc(Nc2nc(NC3CC3)c3ncc(I)n3n2)c(Cl)c(C2CCN(C)CC2)c1. The van der Waals surface area contributed by atoms with Gasteiger partial charge in [0.05, 0.1) is 24.0 Å². The molecule has 1 saturated heterocycles. The topological polar surface area (TPSA) is 109 Å². The third kappa shape index (κ3) is 5.01. The number of piperidine rings is 1. The average molecular weight is 597 g/mol. The summed E-state index contributed by atoms with van der Waals surface area (Å²) in [5.74, 6) is 1.35. The smallest absolute Gasteiger partial charge is 0.411 e. The van der Waals surface area contributed by atoms with Crippen molar-refractivity contribution < 1.29 is 9.53 Å². The van der Waals surface area contributed by atoms with Crippen LogP contribution in [0.25, 0.3) is 5.65 Å². The van der Waals surface area contributed by atoms with Crippen LogP contribution in [0.1, 0.15) is 37.2 Å². The quantitative estimate of drug-likeness (QED) is 0.352. The first-order chi connectivity index (χ1) is 16.4. The van der Waals surface area contributed by atoms with Gasteiger partial charge in [-0.25, -0.2) is 14.3 Å². The number of aromatic nitrogens is 4. The van der Waals surface area contributed by atoms with Crippen molar-refractivity contribution >= 4 is 69.1 Å². The van der Waals surface area contributed by atoms with Gasteiger partial charge in [0, 0.05) is 11.7 Å². The van der Waals surface area contributed by atoms with E-state index in [0.29, 0.717) is 39.9 Å². The van der Waals surface area contributed by atoms with E-state index < -0.39 is 6.09 Å². The Labute approximate surface area is 215 Å². The van der Waals surface area contributed by atoms with Gasteiger partial charge in [0.25, 0.3) is 0 Å². The number of likely N-dealkylation sites (tertiary alicyclic amines) is 1. The standard InChI is InChI=1S/C22H26ClIN8O2/c1-31-7-5-12(6-8-31)15-9-14(27-22(33)34-2)10-16(18(15)23)28-21-29-19(26-13-3-4-13)20-25-11-17(24)32(20)30-21/h9-13H,3-8H2,1-2H3,(H,27,33)(H2,26,28,29,30). The van der Waals surface area contributed by atoms with Gasteiger partial charge in [-0.2, -0.15) is 4.98 Å². The predicted molar refractivity (Wildman–Crippen MR) is 140 cm³/mol. The number of methoxy groups -OCH3 is 1. The lowest BCUT2D eigenvalue weighted by Gasteiger charge is -2.30. The fourth-order valence-electron chi connectivity index (χ4n) is 4.14. The summed E-state index contributed by atoms with van der Waals surface area (Å²) in [4.78, 5) is 23.4. The normalized spacial score (nSPS) is 17.1. The number of hydrogen-bond acceptors (Lipinski definition) is 8. The third-order valence-electron chi connectivity index (χ3n) is 6.18. The van der Waals surface area contributed by atoms with Crippen molar-refractivity contribution in [3.63, 3.8) is 0 Å². The molecule has 3 heterocycles. The summed E-state index contributed by atoms with van der Waals surface area (Å²) in [6.45, 7) is 1.99. The summed E-state index contributed by atoms with van der Waals surface area (Å²) in [6.07, 6.45) is 5.43. The van der Waals surface area contributed by atoms with Crippen LogP contribution in [0.2, 0.25) is 5.02 Å². The molecule has 2 fully saturated rings. The third-order valence-corrected chi connectivity index (χ3v) is 7.33. The molecule has 0 radical (unpaired) electrons. The molecule has 34 heavy (non-hydrogen) atoms. The number of benzene rings is 1. The molecule has 180 valence electrons. The summed E-state index contributed by atoms with van der Waals surface area (Å²) < 4.78 is 7.42. The van der Waals surface area contributed by atoms with Crippen molar-refractivity contribution in [1.29, 1.82) is 0 Å². The summed E-state index contributed by atoms with van der Waals surface area (Å²) in [6, 6.07) is 4.12. The van der Waals surface area contributed by atoms with Crippen molar-refractivity contribution in [2.45, 2.75) is 37.6 Å². The lowest BCUT2D eigenvalue weighted by Crippen LogP contribution is -2.29. The van der Waals surface area contributed by atoms with Gasteiger partial charge in [0.15, 0.2) is 11.5 Å². The van der Waals surface area contributed by atoms with Gasteiger partial charge in [-0.05, 0) is 92.0 Å². The number of nitrogens with one attached hydrogen (secondary N) is 3. The molecule has 12 heteroatoms. The van der Waals surface area contributed by atoms with E-state index in [2.05, 4.69) is 60.6 Å². The van der Waals surface area contributed by atoms with Crippen LogP contribution < -0.4 is 16.0 Å². The first-order valence-electron chi connectivity index (χ1n) is 11.2. The number of rotatable bonds is 6. The zero-order valence-corrected chi connectivity index (χ0v) is 21.9. The summed E-state index contributed by atoms with van der Waals surface area (Å²) in [5.41, 5.74) is 2.89. The van der Waals surface area contributed by atoms with Gasteiger partial charge in [0.1, 0.15) is 3.70 Å². The van der Waals surface area contributed by atoms with E-state index in [4.69, 9.17) is 21.3 Å². The molecule has 2 aromatic heterocycles. The molecule has 1 aliphatic carbocycles. The largest absolute Gasteiger partial charge is 0.453 e. The number of halogens is 2. The number of fused-ring (bicyclic) bond motifs is 1. The lowest BCUT2D eigenvalue weighted by molar-refractivity contribution is 0.187. The number of carbonyl (C=O) groups is 1. The number of carbonyl (C=O) groups excluding carboxylic acids is 1. The molecular weight excluding hydrogens is 571 g/mol. The molecule has 0 atom stereocenters. The fraction of sp³-hybridized carbons (Fsp3) is 0.455. The number of hydrogen-bond donors (Lipinski definition) is 3. The van der Waals surface area contributed by atoms with Crippen LogP contribution in [0.3, 0.4) is 0 Å². The first-order valence-corrected chi connectivity index (χ1v) is 12.7. The Kier molecular flexibility index (Phi) is 6.67. The van der Waals surface area contributed by atoms with Crippen LogP contribution in [0.4, 0.5) is 27.9 Å². The van der Waals surface area contributed by atoms with Crippen molar-refractivity contribution in [3.05, 3.63) is 32.6 Å². The Balaban J connectivity index is 1.52. The number of imidazole rings is 1. The van der Waals surface area contributed by atoms with E-state index in [0.717, 1.165) is 48.0 Å².